The molecule has 4 aromatic rings. The maximum Gasteiger partial charge on any atom is 0.253 e. The zero-order valence-corrected chi connectivity index (χ0v) is 16.4. The van der Waals surface area contributed by atoms with Crippen LogP contribution in [0.15, 0.2) is 59.5 Å². The molecule has 2 aromatic carbocycles. The van der Waals surface area contributed by atoms with Crippen LogP contribution in [-0.2, 0) is 6.42 Å². The third-order valence-corrected chi connectivity index (χ3v) is 5.24. The van der Waals surface area contributed by atoms with Gasteiger partial charge in [0.2, 0.25) is 0 Å². The van der Waals surface area contributed by atoms with Crippen LogP contribution in [0.5, 0.6) is 5.75 Å². The second-order valence-corrected chi connectivity index (χ2v) is 7.43. The summed E-state index contributed by atoms with van der Waals surface area (Å²) in [6.07, 6.45) is 4.24. The van der Waals surface area contributed by atoms with Crippen LogP contribution in [0, 0.1) is 0 Å². The molecule has 0 radical (unpaired) electrons. The molecule has 3 heterocycles. The van der Waals surface area contributed by atoms with Crippen molar-refractivity contribution < 1.29 is 4.74 Å². The van der Waals surface area contributed by atoms with E-state index >= 15 is 0 Å². The Morgan fingerprint density at radius 3 is 2.93 bits per heavy atom. The van der Waals surface area contributed by atoms with Crippen molar-refractivity contribution in [2.24, 2.45) is 0 Å². The summed E-state index contributed by atoms with van der Waals surface area (Å²) in [7, 11) is 0. The molecule has 134 valence electrons. The van der Waals surface area contributed by atoms with Crippen molar-refractivity contribution in [3.05, 3.63) is 70.0 Å². The Morgan fingerprint density at radius 1 is 1.15 bits per heavy atom. The zero-order chi connectivity index (χ0) is 18.4. The van der Waals surface area contributed by atoms with E-state index < -0.39 is 0 Å². The van der Waals surface area contributed by atoms with Crippen molar-refractivity contribution in [3.63, 3.8) is 0 Å². The number of fused-ring (bicyclic) bond motifs is 3. The molecule has 5 rings (SSSR count). The van der Waals surface area contributed by atoms with Crippen LogP contribution in [0.4, 0.5) is 0 Å². The fourth-order valence-electron chi connectivity index (χ4n) is 3.19. The maximum atomic E-state index is 6.34. The van der Waals surface area contributed by atoms with Gasteiger partial charge in [-0.05, 0) is 30.3 Å². The number of ether oxygens (including phenoxy) is 1. The monoisotopic (exact) mass is 441 g/mol. The molecule has 0 aliphatic carbocycles. The summed E-state index contributed by atoms with van der Waals surface area (Å²) < 4.78 is 10.3. The van der Waals surface area contributed by atoms with Gasteiger partial charge in [-0.15, -0.1) is 0 Å². The largest absolute Gasteiger partial charge is 0.493 e. The lowest BCUT2D eigenvalue weighted by atomic mass is 10.1. The number of hydrogen-bond donors (Lipinski definition) is 0. The molecule has 0 N–H and O–H groups in total. The van der Waals surface area contributed by atoms with E-state index in [0.29, 0.717) is 17.6 Å². The van der Waals surface area contributed by atoms with Gasteiger partial charge < -0.3 is 4.74 Å². The quantitative estimate of drug-likeness (QED) is 0.459. The molecule has 0 unspecified atom stereocenters. The standard InChI is InChI=1S/C19H13BrClN5O/c20-13-5-6-17-14(9-13)18-12(7-8-27-17)10-25(24-18)19-22-11-23-26(19)16-4-2-1-3-15(16)21/h1-6,9-11H,7-8H2. The number of hydrogen-bond acceptors (Lipinski definition) is 4. The van der Waals surface area contributed by atoms with Gasteiger partial charge in [0.15, 0.2) is 0 Å². The fourth-order valence-corrected chi connectivity index (χ4v) is 3.77. The molecule has 0 fully saturated rings. The van der Waals surface area contributed by atoms with Crippen molar-refractivity contribution in [3.8, 4) is 28.6 Å². The van der Waals surface area contributed by atoms with Gasteiger partial charge >= 0.3 is 0 Å². The Morgan fingerprint density at radius 2 is 2.04 bits per heavy atom. The van der Waals surface area contributed by atoms with Gasteiger partial charge in [-0.25, -0.2) is 4.68 Å². The van der Waals surface area contributed by atoms with Crippen molar-refractivity contribution in [2.45, 2.75) is 6.42 Å². The van der Waals surface area contributed by atoms with Crippen LogP contribution in [0.3, 0.4) is 0 Å². The summed E-state index contributed by atoms with van der Waals surface area (Å²) in [6, 6.07) is 13.5. The van der Waals surface area contributed by atoms with Crippen LogP contribution in [0.1, 0.15) is 5.56 Å². The van der Waals surface area contributed by atoms with Gasteiger partial charge in [0, 0.05) is 28.2 Å². The second-order valence-electron chi connectivity index (χ2n) is 6.11. The fraction of sp³-hybridized carbons (Fsp3) is 0.105. The first-order chi connectivity index (χ1) is 13.2. The van der Waals surface area contributed by atoms with Crippen molar-refractivity contribution in [2.75, 3.05) is 6.61 Å². The van der Waals surface area contributed by atoms with E-state index in [9.17, 15) is 0 Å². The lowest BCUT2D eigenvalue weighted by Crippen LogP contribution is -2.08. The molecular formula is C19H13BrClN5O. The van der Waals surface area contributed by atoms with Gasteiger partial charge in [0.1, 0.15) is 12.1 Å². The molecular weight excluding hydrogens is 430 g/mol. The van der Waals surface area contributed by atoms with Crippen LogP contribution < -0.4 is 4.74 Å². The van der Waals surface area contributed by atoms with Gasteiger partial charge in [-0.2, -0.15) is 19.9 Å². The molecule has 1 aliphatic rings. The second kappa shape index (κ2) is 6.51. The molecule has 0 amide bonds. The minimum absolute atomic E-state index is 0.577. The third kappa shape index (κ3) is 2.83. The Hall–Kier alpha value is -2.64. The first-order valence-corrected chi connectivity index (χ1v) is 9.54. The van der Waals surface area contributed by atoms with Crippen molar-refractivity contribution in [1.29, 1.82) is 0 Å². The van der Waals surface area contributed by atoms with E-state index in [0.717, 1.165) is 39.2 Å². The molecule has 0 bridgehead atoms. The highest BCUT2D eigenvalue weighted by Gasteiger charge is 2.22. The topological polar surface area (TPSA) is 57.8 Å². The first-order valence-electron chi connectivity index (χ1n) is 8.37. The number of benzene rings is 2. The summed E-state index contributed by atoms with van der Waals surface area (Å²) in [6.45, 7) is 0.602. The highest BCUT2D eigenvalue weighted by molar-refractivity contribution is 9.10. The summed E-state index contributed by atoms with van der Waals surface area (Å²) in [5.74, 6) is 1.41. The molecule has 0 saturated heterocycles. The van der Waals surface area contributed by atoms with E-state index in [-0.39, 0.29) is 0 Å². The van der Waals surface area contributed by atoms with Crippen LogP contribution >= 0.6 is 27.5 Å². The van der Waals surface area contributed by atoms with E-state index in [4.69, 9.17) is 21.4 Å². The summed E-state index contributed by atoms with van der Waals surface area (Å²) in [5, 5.41) is 9.73. The Kier molecular flexibility index (Phi) is 3.98. The van der Waals surface area contributed by atoms with E-state index in [2.05, 4.69) is 26.0 Å². The first kappa shape index (κ1) is 16.5. The lowest BCUT2D eigenvalue weighted by molar-refractivity contribution is 0.326. The number of halogens is 2. The average molecular weight is 443 g/mol. The Bertz CT molecular complexity index is 1150. The smallest absolute Gasteiger partial charge is 0.253 e. The average Bonchev–Trinajstić information content (AvgIpc) is 3.27. The van der Waals surface area contributed by atoms with Gasteiger partial charge in [0.05, 0.1) is 23.0 Å². The van der Waals surface area contributed by atoms with Gasteiger partial charge in [-0.1, -0.05) is 39.7 Å². The van der Waals surface area contributed by atoms with Crippen LogP contribution in [-0.4, -0.2) is 31.2 Å². The molecule has 2 aromatic heterocycles. The molecule has 8 heteroatoms. The molecule has 1 aliphatic heterocycles. The Balaban J connectivity index is 1.66. The summed E-state index contributed by atoms with van der Waals surface area (Å²) in [4.78, 5) is 4.40. The normalized spacial score (nSPS) is 12.8. The Labute approximate surface area is 168 Å². The summed E-state index contributed by atoms with van der Waals surface area (Å²) in [5.41, 5.74) is 3.70. The molecule has 0 spiro atoms. The third-order valence-electron chi connectivity index (χ3n) is 4.43. The zero-order valence-electron chi connectivity index (χ0n) is 14.0. The van der Waals surface area contributed by atoms with E-state index in [1.807, 2.05) is 48.7 Å². The SMILES string of the molecule is Clc1ccccc1-n1ncnc1-n1cc2c(n1)-c1cc(Br)ccc1OCC2. The molecule has 6 nitrogen and oxygen atoms in total. The molecule has 0 atom stereocenters. The van der Waals surface area contributed by atoms with Crippen molar-refractivity contribution in [1.82, 2.24) is 24.5 Å². The van der Waals surface area contributed by atoms with Gasteiger partial charge in [-0.3, -0.25) is 0 Å². The number of nitrogens with zero attached hydrogens (tertiary/aromatic N) is 5. The summed E-state index contributed by atoms with van der Waals surface area (Å²) >= 11 is 9.87. The van der Waals surface area contributed by atoms with E-state index in [1.165, 1.54) is 6.33 Å². The number of rotatable bonds is 2. The number of para-hydroxylation sites is 1. The molecule has 27 heavy (non-hydrogen) atoms. The number of aromatic nitrogens is 5. The van der Waals surface area contributed by atoms with Crippen LogP contribution in [0.2, 0.25) is 5.02 Å². The molecule has 0 saturated carbocycles. The van der Waals surface area contributed by atoms with Gasteiger partial charge in [0.25, 0.3) is 5.95 Å². The van der Waals surface area contributed by atoms with E-state index in [1.54, 1.807) is 9.36 Å². The van der Waals surface area contributed by atoms with Crippen LogP contribution in [0.25, 0.3) is 22.9 Å². The predicted octanol–water partition coefficient (Wildman–Crippen LogP) is 4.47. The maximum absolute atomic E-state index is 6.34. The highest BCUT2D eigenvalue weighted by atomic mass is 79.9. The lowest BCUT2D eigenvalue weighted by Gasteiger charge is -2.08. The van der Waals surface area contributed by atoms with Crippen molar-refractivity contribution >= 4 is 27.5 Å². The minimum Gasteiger partial charge on any atom is -0.493 e. The predicted molar refractivity (Wildman–Crippen MR) is 106 cm³/mol. The minimum atomic E-state index is 0.577. The highest BCUT2D eigenvalue weighted by Crippen LogP contribution is 2.36.